The highest BCUT2D eigenvalue weighted by Gasteiger charge is 2.18. The van der Waals surface area contributed by atoms with E-state index in [1.165, 1.54) is 0 Å². The SMILES string of the molecule is CCc1nn(CC)c(COCC(C)(C)CO)c1Br. The second-order valence-electron chi connectivity index (χ2n) is 5.19. The summed E-state index contributed by atoms with van der Waals surface area (Å²) in [6.07, 6.45) is 0.905. The van der Waals surface area contributed by atoms with Crippen molar-refractivity contribution >= 4 is 15.9 Å². The van der Waals surface area contributed by atoms with Gasteiger partial charge in [-0.3, -0.25) is 4.68 Å². The second-order valence-corrected chi connectivity index (χ2v) is 5.98. The van der Waals surface area contributed by atoms with Gasteiger partial charge in [-0.25, -0.2) is 0 Å². The number of aryl methyl sites for hydroxylation is 2. The van der Waals surface area contributed by atoms with Crippen LogP contribution in [0.1, 0.15) is 39.1 Å². The number of halogens is 1. The van der Waals surface area contributed by atoms with Crippen molar-refractivity contribution in [1.29, 1.82) is 0 Å². The summed E-state index contributed by atoms with van der Waals surface area (Å²) in [6, 6.07) is 0. The van der Waals surface area contributed by atoms with Crippen LogP contribution in [0.4, 0.5) is 0 Å². The molecule has 1 N–H and O–H groups in total. The highest BCUT2D eigenvalue weighted by atomic mass is 79.9. The summed E-state index contributed by atoms with van der Waals surface area (Å²) >= 11 is 3.59. The molecule has 0 fully saturated rings. The van der Waals surface area contributed by atoms with Crippen LogP contribution in [0.25, 0.3) is 0 Å². The largest absolute Gasteiger partial charge is 0.396 e. The highest BCUT2D eigenvalue weighted by Crippen LogP contribution is 2.24. The molecule has 0 unspecified atom stereocenters. The lowest BCUT2D eigenvalue weighted by Gasteiger charge is -2.21. The van der Waals surface area contributed by atoms with Gasteiger partial charge in [-0.2, -0.15) is 5.10 Å². The minimum Gasteiger partial charge on any atom is -0.396 e. The van der Waals surface area contributed by atoms with Gasteiger partial charge in [-0.15, -0.1) is 0 Å². The number of nitrogens with zero attached hydrogens (tertiary/aromatic N) is 2. The van der Waals surface area contributed by atoms with E-state index in [0.29, 0.717) is 13.2 Å². The fourth-order valence-electron chi connectivity index (χ4n) is 1.62. The van der Waals surface area contributed by atoms with Crippen LogP contribution in [0.2, 0.25) is 0 Å². The van der Waals surface area contributed by atoms with Gasteiger partial charge in [0, 0.05) is 12.0 Å². The number of ether oxygens (including phenoxy) is 1. The minimum absolute atomic E-state index is 0.126. The van der Waals surface area contributed by atoms with Gasteiger partial charge in [-0.05, 0) is 29.3 Å². The van der Waals surface area contributed by atoms with E-state index in [1.54, 1.807) is 0 Å². The van der Waals surface area contributed by atoms with E-state index in [-0.39, 0.29) is 12.0 Å². The number of hydrogen-bond acceptors (Lipinski definition) is 3. The molecular weight excluding hydrogens is 296 g/mol. The molecule has 1 aromatic rings. The summed E-state index contributed by atoms with van der Waals surface area (Å²) in [6.45, 7) is 10.1. The zero-order valence-electron chi connectivity index (χ0n) is 11.7. The van der Waals surface area contributed by atoms with Crippen LogP contribution in [0.15, 0.2) is 4.47 Å². The van der Waals surface area contributed by atoms with Gasteiger partial charge >= 0.3 is 0 Å². The average Bonchev–Trinajstić information content (AvgIpc) is 2.66. The first-order valence-corrected chi connectivity index (χ1v) is 7.17. The standard InChI is InChI=1S/C13H23BrN2O2/c1-5-10-12(14)11(16(6-2)15-10)7-18-9-13(3,4)8-17/h17H,5-9H2,1-4H3. The van der Waals surface area contributed by atoms with E-state index in [1.807, 2.05) is 18.5 Å². The third-order valence-corrected chi connectivity index (χ3v) is 3.77. The summed E-state index contributed by atoms with van der Waals surface area (Å²) in [4.78, 5) is 0. The Bertz CT molecular complexity index is 389. The van der Waals surface area contributed by atoms with Crippen molar-refractivity contribution in [2.75, 3.05) is 13.2 Å². The molecule has 0 saturated carbocycles. The molecular formula is C13H23BrN2O2. The van der Waals surface area contributed by atoms with E-state index in [9.17, 15) is 5.11 Å². The fourth-order valence-corrected chi connectivity index (χ4v) is 2.30. The maximum Gasteiger partial charge on any atom is 0.0896 e. The molecule has 1 aromatic heterocycles. The van der Waals surface area contributed by atoms with Crippen molar-refractivity contribution in [2.45, 2.75) is 47.3 Å². The van der Waals surface area contributed by atoms with Gasteiger partial charge in [0.2, 0.25) is 0 Å². The van der Waals surface area contributed by atoms with Crippen molar-refractivity contribution in [3.05, 3.63) is 15.9 Å². The van der Waals surface area contributed by atoms with Gasteiger partial charge in [0.15, 0.2) is 0 Å². The molecule has 0 atom stereocenters. The van der Waals surface area contributed by atoms with Crippen LogP contribution in [0, 0.1) is 5.41 Å². The van der Waals surface area contributed by atoms with Crippen LogP contribution in [-0.2, 0) is 24.3 Å². The van der Waals surface area contributed by atoms with E-state index in [4.69, 9.17) is 4.74 Å². The highest BCUT2D eigenvalue weighted by molar-refractivity contribution is 9.10. The molecule has 0 bridgehead atoms. The molecule has 0 aliphatic rings. The zero-order valence-corrected chi connectivity index (χ0v) is 13.2. The van der Waals surface area contributed by atoms with Crippen molar-refractivity contribution in [3.63, 3.8) is 0 Å². The van der Waals surface area contributed by atoms with Crippen molar-refractivity contribution in [2.24, 2.45) is 5.41 Å². The Morgan fingerprint density at radius 3 is 2.56 bits per heavy atom. The molecule has 5 heteroatoms. The lowest BCUT2D eigenvalue weighted by Crippen LogP contribution is -2.23. The summed E-state index contributed by atoms with van der Waals surface area (Å²) in [5, 5.41) is 13.7. The first-order valence-electron chi connectivity index (χ1n) is 6.37. The monoisotopic (exact) mass is 318 g/mol. The maximum absolute atomic E-state index is 9.18. The molecule has 0 aromatic carbocycles. The topological polar surface area (TPSA) is 47.3 Å². The molecule has 0 saturated heterocycles. The van der Waals surface area contributed by atoms with E-state index < -0.39 is 0 Å². The first kappa shape index (κ1) is 15.7. The molecule has 4 nitrogen and oxygen atoms in total. The predicted octanol–water partition coefficient (Wildman–Crippen LogP) is 2.76. The summed E-state index contributed by atoms with van der Waals surface area (Å²) < 4.78 is 8.72. The Morgan fingerprint density at radius 2 is 2.06 bits per heavy atom. The number of aromatic nitrogens is 2. The summed E-state index contributed by atoms with van der Waals surface area (Å²) in [5.74, 6) is 0. The van der Waals surface area contributed by atoms with Crippen LogP contribution in [0.3, 0.4) is 0 Å². The molecule has 0 aliphatic carbocycles. The zero-order chi connectivity index (χ0) is 13.8. The summed E-state index contributed by atoms with van der Waals surface area (Å²) in [5.41, 5.74) is 1.94. The minimum atomic E-state index is -0.197. The average molecular weight is 319 g/mol. The van der Waals surface area contributed by atoms with Crippen molar-refractivity contribution < 1.29 is 9.84 Å². The van der Waals surface area contributed by atoms with Crippen LogP contribution in [-0.4, -0.2) is 28.1 Å². The fraction of sp³-hybridized carbons (Fsp3) is 0.769. The number of aliphatic hydroxyl groups excluding tert-OH is 1. The number of aliphatic hydroxyl groups is 1. The molecule has 104 valence electrons. The van der Waals surface area contributed by atoms with E-state index in [0.717, 1.165) is 28.8 Å². The Kier molecular flexibility index (Phi) is 5.82. The first-order chi connectivity index (χ1) is 8.45. The van der Waals surface area contributed by atoms with Gasteiger partial charge in [0.25, 0.3) is 0 Å². The van der Waals surface area contributed by atoms with E-state index in [2.05, 4.69) is 34.9 Å². The Balaban J connectivity index is 2.69. The lowest BCUT2D eigenvalue weighted by atomic mass is 9.97. The van der Waals surface area contributed by atoms with Gasteiger partial charge < -0.3 is 9.84 Å². The summed E-state index contributed by atoms with van der Waals surface area (Å²) in [7, 11) is 0. The Labute approximate surface area is 117 Å². The molecule has 0 aliphatic heterocycles. The van der Waals surface area contributed by atoms with Gasteiger partial charge in [-0.1, -0.05) is 20.8 Å². The van der Waals surface area contributed by atoms with Gasteiger partial charge in [0.05, 0.1) is 35.7 Å². The quantitative estimate of drug-likeness (QED) is 0.841. The molecule has 1 rings (SSSR count). The second kappa shape index (κ2) is 6.68. The molecule has 0 amide bonds. The normalized spacial score (nSPS) is 12.1. The molecule has 1 heterocycles. The van der Waals surface area contributed by atoms with Crippen molar-refractivity contribution in [1.82, 2.24) is 9.78 Å². The van der Waals surface area contributed by atoms with Crippen LogP contribution in [0.5, 0.6) is 0 Å². The molecule has 0 radical (unpaired) electrons. The maximum atomic E-state index is 9.18. The van der Waals surface area contributed by atoms with E-state index >= 15 is 0 Å². The lowest BCUT2D eigenvalue weighted by molar-refractivity contribution is 0.0171. The van der Waals surface area contributed by atoms with Crippen LogP contribution < -0.4 is 0 Å². The third kappa shape index (κ3) is 3.80. The Hall–Kier alpha value is -0.390. The number of hydrogen-bond donors (Lipinski definition) is 1. The third-order valence-electron chi connectivity index (χ3n) is 2.85. The van der Waals surface area contributed by atoms with Gasteiger partial charge in [0.1, 0.15) is 0 Å². The van der Waals surface area contributed by atoms with Crippen LogP contribution >= 0.6 is 15.9 Å². The molecule has 18 heavy (non-hydrogen) atoms. The number of rotatable bonds is 7. The smallest absolute Gasteiger partial charge is 0.0896 e. The Morgan fingerprint density at radius 1 is 1.39 bits per heavy atom. The molecule has 0 spiro atoms. The predicted molar refractivity (Wildman–Crippen MR) is 75.5 cm³/mol. The van der Waals surface area contributed by atoms with Crippen molar-refractivity contribution in [3.8, 4) is 0 Å².